The van der Waals surface area contributed by atoms with Gasteiger partial charge in [0.15, 0.2) is 0 Å². The predicted octanol–water partition coefficient (Wildman–Crippen LogP) is 3.60. The fourth-order valence-corrected chi connectivity index (χ4v) is 6.02. The number of fused-ring (bicyclic) bond motifs is 2. The van der Waals surface area contributed by atoms with E-state index in [4.69, 9.17) is 16.7 Å². The van der Waals surface area contributed by atoms with Crippen LogP contribution in [0.3, 0.4) is 0 Å². The summed E-state index contributed by atoms with van der Waals surface area (Å²) in [5, 5.41) is 20.9. The maximum atomic E-state index is 11.1. The average Bonchev–Trinajstić information content (AvgIpc) is 3.42. The van der Waals surface area contributed by atoms with Crippen molar-refractivity contribution in [2.45, 2.75) is 62.6 Å². The summed E-state index contributed by atoms with van der Waals surface area (Å²) < 4.78 is 29.0. The molecule has 2 heterocycles. The number of aliphatic hydroxyl groups is 1. The molecule has 0 radical (unpaired) electrons. The maximum absolute atomic E-state index is 11.1. The number of halogens is 1. The van der Waals surface area contributed by atoms with E-state index in [1.165, 1.54) is 17.5 Å². The first-order chi connectivity index (χ1) is 15.9. The molecule has 4 N–H and O–H groups in total. The van der Waals surface area contributed by atoms with Crippen molar-refractivity contribution in [3.8, 4) is 0 Å². The molecule has 1 fully saturated rings. The zero-order chi connectivity index (χ0) is 24.3. The van der Waals surface area contributed by atoms with Gasteiger partial charge in [0.25, 0.3) is 0 Å². The molecule has 9 nitrogen and oxygen atoms in total. The highest BCUT2D eigenvalue weighted by atomic mass is 35.5. The maximum Gasteiger partial charge on any atom is 0.333 e. The lowest BCUT2D eigenvalue weighted by Crippen LogP contribution is -2.34. The smallest absolute Gasteiger partial charge is 0.333 e. The van der Waals surface area contributed by atoms with Crippen LogP contribution in [0, 0.1) is 0 Å². The molecule has 0 amide bonds. The number of hydrogen-bond donors (Lipinski definition) is 3. The Bertz CT molecular complexity index is 1360. The van der Waals surface area contributed by atoms with Crippen molar-refractivity contribution in [2.75, 3.05) is 11.9 Å². The Labute approximate surface area is 203 Å². The summed E-state index contributed by atoms with van der Waals surface area (Å²) in [5.74, 6) is 0.748. The Morgan fingerprint density at radius 2 is 2.09 bits per heavy atom. The van der Waals surface area contributed by atoms with Crippen molar-refractivity contribution < 1.29 is 17.7 Å². The number of aromatic nitrogens is 3. The van der Waals surface area contributed by atoms with Crippen molar-refractivity contribution in [2.24, 2.45) is 5.14 Å². The third kappa shape index (κ3) is 4.40. The molecule has 0 spiro atoms. The quantitative estimate of drug-likeness (QED) is 0.466. The molecule has 1 saturated carbocycles. The number of nitrogens with zero attached hydrogens (tertiary/aromatic N) is 3. The van der Waals surface area contributed by atoms with Gasteiger partial charge in [0.05, 0.1) is 23.6 Å². The van der Waals surface area contributed by atoms with Gasteiger partial charge in [-0.1, -0.05) is 31.5 Å². The lowest BCUT2D eigenvalue weighted by molar-refractivity contribution is 0.000546. The number of nitrogens with two attached hydrogens (primary N) is 1. The first-order valence-corrected chi connectivity index (χ1v) is 13.1. The molecule has 5 rings (SSSR count). The Balaban J connectivity index is 1.39. The van der Waals surface area contributed by atoms with E-state index in [1.807, 2.05) is 29.0 Å². The second kappa shape index (κ2) is 8.17. The highest BCUT2D eigenvalue weighted by Crippen LogP contribution is 2.47. The number of anilines is 1. The molecule has 1 aromatic carbocycles. The Morgan fingerprint density at radius 1 is 1.29 bits per heavy atom. The van der Waals surface area contributed by atoms with Crippen LogP contribution in [0.15, 0.2) is 36.8 Å². The van der Waals surface area contributed by atoms with Gasteiger partial charge in [0.2, 0.25) is 0 Å². The van der Waals surface area contributed by atoms with Crippen LogP contribution in [0.4, 0.5) is 5.82 Å². The largest absolute Gasteiger partial charge is 0.387 e. The lowest BCUT2D eigenvalue weighted by atomic mass is 9.86. The first-order valence-electron chi connectivity index (χ1n) is 11.2. The summed E-state index contributed by atoms with van der Waals surface area (Å²) in [6.07, 6.45) is 5.78. The predicted molar refractivity (Wildman–Crippen MR) is 130 cm³/mol. The monoisotopic (exact) mass is 505 g/mol. The van der Waals surface area contributed by atoms with Gasteiger partial charge in [0, 0.05) is 17.3 Å². The zero-order valence-corrected chi connectivity index (χ0v) is 20.6. The van der Waals surface area contributed by atoms with Crippen molar-refractivity contribution >= 4 is 38.8 Å². The fraction of sp³-hybridized carbons (Fsp3) is 0.478. The normalized spacial score (nSPS) is 26.1. The van der Waals surface area contributed by atoms with E-state index in [9.17, 15) is 13.5 Å². The van der Waals surface area contributed by atoms with Crippen molar-refractivity contribution in [3.05, 3.63) is 52.9 Å². The molecule has 0 bridgehead atoms. The van der Waals surface area contributed by atoms with Crippen molar-refractivity contribution in [1.82, 2.24) is 14.5 Å². The van der Waals surface area contributed by atoms with Crippen LogP contribution in [0.5, 0.6) is 0 Å². The van der Waals surface area contributed by atoms with E-state index < -0.39 is 15.9 Å². The van der Waals surface area contributed by atoms with Gasteiger partial charge in [-0.05, 0) is 60.4 Å². The Hall–Kier alpha value is -2.24. The van der Waals surface area contributed by atoms with Gasteiger partial charge in [-0.3, -0.25) is 4.18 Å². The van der Waals surface area contributed by atoms with Crippen LogP contribution in [0.1, 0.15) is 62.7 Å². The topological polar surface area (TPSA) is 132 Å². The summed E-state index contributed by atoms with van der Waals surface area (Å²) in [4.78, 5) is 9.03. The molecule has 0 saturated heterocycles. The second-order valence-electron chi connectivity index (χ2n) is 10.1. The molecule has 0 unspecified atom stereocenters. The molecule has 2 aliphatic carbocycles. The third-order valence-corrected chi connectivity index (χ3v) is 7.78. The molecular weight excluding hydrogens is 478 g/mol. The van der Waals surface area contributed by atoms with E-state index in [1.54, 1.807) is 0 Å². The van der Waals surface area contributed by atoms with Gasteiger partial charge in [0.1, 0.15) is 17.8 Å². The molecule has 2 aromatic heterocycles. The van der Waals surface area contributed by atoms with Crippen LogP contribution in [-0.4, -0.2) is 40.3 Å². The standard InChI is InChI=1S/C23H28ClN5O4S/c1-22(2)11-19(16-4-3-14(24)9-18(16)22)28-20-17-6-8-29(21(17)27-13-26-20)15-5-7-23(30,10-15)12-33-34(25,31)32/h3-4,6,8-9,13,15,19,30H,5,7,10-12H2,1-2H3,(H2,25,31,32)(H,26,27,28)/t15-,19+,23+/m1/s1. The van der Waals surface area contributed by atoms with Crippen molar-refractivity contribution in [1.29, 1.82) is 0 Å². The second-order valence-corrected chi connectivity index (χ2v) is 11.7. The zero-order valence-electron chi connectivity index (χ0n) is 19.0. The molecule has 182 valence electrons. The molecule has 3 aromatic rings. The number of hydrogen-bond acceptors (Lipinski definition) is 7. The first kappa shape index (κ1) is 23.5. The van der Waals surface area contributed by atoms with Gasteiger partial charge < -0.3 is 15.0 Å². The lowest BCUT2D eigenvalue weighted by Gasteiger charge is -2.22. The van der Waals surface area contributed by atoms with E-state index in [2.05, 4.69) is 39.4 Å². The molecular formula is C23H28ClN5O4S. The minimum atomic E-state index is -4.11. The molecule has 34 heavy (non-hydrogen) atoms. The highest BCUT2D eigenvalue weighted by molar-refractivity contribution is 7.84. The van der Waals surface area contributed by atoms with Crippen LogP contribution < -0.4 is 10.5 Å². The summed E-state index contributed by atoms with van der Waals surface area (Å²) in [7, 11) is -4.11. The van der Waals surface area contributed by atoms with E-state index in [0.29, 0.717) is 19.3 Å². The van der Waals surface area contributed by atoms with Crippen LogP contribution in [0.2, 0.25) is 5.02 Å². The highest BCUT2D eigenvalue weighted by Gasteiger charge is 2.40. The summed E-state index contributed by atoms with van der Waals surface area (Å²) in [6, 6.07) is 8.06. The summed E-state index contributed by atoms with van der Waals surface area (Å²) >= 11 is 6.26. The summed E-state index contributed by atoms with van der Waals surface area (Å²) in [6.45, 7) is 4.08. The SMILES string of the molecule is CC1(C)C[C@H](Nc2ncnc3c2ccn3[C@@H]2CC[C@@](O)(COS(N)(=O)=O)C2)c2ccc(Cl)cc21. The van der Waals surface area contributed by atoms with E-state index >= 15 is 0 Å². The minimum Gasteiger partial charge on any atom is -0.387 e. The van der Waals surface area contributed by atoms with Crippen LogP contribution in [0.25, 0.3) is 11.0 Å². The van der Waals surface area contributed by atoms with Gasteiger partial charge in [-0.15, -0.1) is 0 Å². The van der Waals surface area contributed by atoms with Gasteiger partial charge >= 0.3 is 10.3 Å². The van der Waals surface area contributed by atoms with Crippen LogP contribution in [-0.2, 0) is 19.9 Å². The van der Waals surface area contributed by atoms with Gasteiger partial charge in [-0.2, -0.15) is 8.42 Å². The Morgan fingerprint density at radius 3 is 2.85 bits per heavy atom. The Kier molecular flexibility index (Phi) is 5.64. The number of benzene rings is 1. The third-order valence-electron chi connectivity index (χ3n) is 7.10. The van der Waals surface area contributed by atoms with Crippen molar-refractivity contribution in [3.63, 3.8) is 0 Å². The molecule has 3 atom stereocenters. The minimum absolute atomic E-state index is 0.0106. The van der Waals surface area contributed by atoms with Gasteiger partial charge in [-0.25, -0.2) is 15.1 Å². The number of nitrogens with one attached hydrogen (secondary N) is 1. The number of rotatable bonds is 6. The average molecular weight is 506 g/mol. The van der Waals surface area contributed by atoms with E-state index in [0.717, 1.165) is 28.3 Å². The molecule has 2 aliphatic rings. The molecule has 0 aliphatic heterocycles. The van der Waals surface area contributed by atoms with E-state index in [-0.39, 0.29) is 24.1 Å². The van der Waals surface area contributed by atoms with Crippen LogP contribution >= 0.6 is 11.6 Å². The fourth-order valence-electron chi connectivity index (χ4n) is 5.46. The molecule has 11 heteroatoms. The summed E-state index contributed by atoms with van der Waals surface area (Å²) in [5.41, 5.74) is 1.95.